The number of thioether (sulfide) groups is 1. The quantitative estimate of drug-likeness (QED) is 0.603. The van der Waals surface area contributed by atoms with Crippen LogP contribution in [0.1, 0.15) is 12.6 Å². The molecule has 2 aromatic rings. The number of carbonyl (C=O) groups excluding carboxylic acids is 1. The molecule has 1 amide bonds. The van der Waals surface area contributed by atoms with Crippen LogP contribution in [0.2, 0.25) is 0 Å². The molecule has 0 radical (unpaired) electrons. The van der Waals surface area contributed by atoms with Crippen molar-refractivity contribution in [1.29, 1.82) is 0 Å². The number of hydrogen-bond donors (Lipinski definition) is 2. The van der Waals surface area contributed by atoms with Gasteiger partial charge in [0.1, 0.15) is 5.69 Å². The summed E-state index contributed by atoms with van der Waals surface area (Å²) in [4.78, 5) is 19.3. The molecular formula is C16H16F3N3O2S. The van der Waals surface area contributed by atoms with Gasteiger partial charge in [-0.1, -0.05) is 42.1 Å². The molecule has 0 saturated heterocycles. The highest BCUT2D eigenvalue weighted by Crippen LogP contribution is 2.31. The minimum atomic E-state index is -4.62. The largest absolute Gasteiger partial charge is 0.433 e. The number of hydrogen-bond acceptors (Lipinski definition) is 5. The van der Waals surface area contributed by atoms with Crippen LogP contribution in [-0.2, 0) is 11.0 Å². The molecule has 134 valence electrons. The number of aromatic nitrogens is 2. The second kappa shape index (κ2) is 8.30. The molecule has 2 rings (SSSR count). The molecule has 1 heterocycles. The number of benzene rings is 1. The SMILES string of the molecule is C[C@@H](CO)NC(=O)CSc1nc(-c2ccccc2)cc(C(F)(F)F)n1. The number of aliphatic hydroxyl groups is 1. The molecule has 1 atom stereocenters. The summed E-state index contributed by atoms with van der Waals surface area (Å²) in [6, 6.07) is 8.88. The first-order valence-electron chi connectivity index (χ1n) is 7.34. The highest BCUT2D eigenvalue weighted by atomic mass is 32.2. The van der Waals surface area contributed by atoms with Crippen LogP contribution < -0.4 is 5.32 Å². The molecule has 2 N–H and O–H groups in total. The van der Waals surface area contributed by atoms with E-state index in [9.17, 15) is 18.0 Å². The standard InChI is InChI=1S/C16H16F3N3O2S/c1-10(8-23)20-14(24)9-25-15-21-12(11-5-3-2-4-6-11)7-13(22-15)16(17,18)19/h2-7,10,23H,8-9H2,1H3,(H,20,24)/t10-/m0/s1. The fourth-order valence-electron chi connectivity index (χ4n) is 1.88. The van der Waals surface area contributed by atoms with Crippen LogP contribution in [0.5, 0.6) is 0 Å². The van der Waals surface area contributed by atoms with Gasteiger partial charge < -0.3 is 10.4 Å². The van der Waals surface area contributed by atoms with Gasteiger partial charge in [-0.05, 0) is 13.0 Å². The van der Waals surface area contributed by atoms with Gasteiger partial charge in [-0.15, -0.1) is 0 Å². The van der Waals surface area contributed by atoms with Crippen LogP contribution >= 0.6 is 11.8 Å². The Bertz CT molecular complexity index is 726. The Labute approximate surface area is 146 Å². The normalized spacial score (nSPS) is 12.7. The first-order chi connectivity index (χ1) is 11.8. The molecule has 25 heavy (non-hydrogen) atoms. The predicted octanol–water partition coefficient (Wildman–Crippen LogP) is 2.75. The van der Waals surface area contributed by atoms with Crippen molar-refractivity contribution in [3.8, 4) is 11.3 Å². The molecule has 0 unspecified atom stereocenters. The van der Waals surface area contributed by atoms with E-state index in [-0.39, 0.29) is 23.2 Å². The molecule has 0 saturated carbocycles. The minimum absolute atomic E-state index is 0.134. The Morgan fingerprint density at radius 1 is 1.28 bits per heavy atom. The van der Waals surface area contributed by atoms with Gasteiger partial charge in [0.2, 0.25) is 5.91 Å². The van der Waals surface area contributed by atoms with E-state index in [1.54, 1.807) is 37.3 Å². The van der Waals surface area contributed by atoms with Crippen molar-refractivity contribution < 1.29 is 23.1 Å². The molecule has 1 aromatic heterocycles. The molecule has 0 aliphatic heterocycles. The maximum Gasteiger partial charge on any atom is 0.433 e. The summed E-state index contributed by atoms with van der Waals surface area (Å²) in [6.07, 6.45) is -4.62. The average Bonchev–Trinajstić information content (AvgIpc) is 2.59. The minimum Gasteiger partial charge on any atom is -0.394 e. The Morgan fingerprint density at radius 3 is 2.56 bits per heavy atom. The van der Waals surface area contributed by atoms with Gasteiger partial charge in [0.05, 0.1) is 18.1 Å². The van der Waals surface area contributed by atoms with E-state index in [2.05, 4.69) is 15.3 Å². The van der Waals surface area contributed by atoms with E-state index in [1.165, 1.54) is 0 Å². The highest BCUT2D eigenvalue weighted by molar-refractivity contribution is 7.99. The summed E-state index contributed by atoms with van der Waals surface area (Å²) in [5, 5.41) is 11.3. The fourth-order valence-corrected chi connectivity index (χ4v) is 2.55. The maximum atomic E-state index is 13.1. The third-order valence-electron chi connectivity index (χ3n) is 3.08. The number of nitrogens with zero attached hydrogens (tertiary/aromatic N) is 2. The van der Waals surface area contributed by atoms with Crippen LogP contribution in [0.3, 0.4) is 0 Å². The summed E-state index contributed by atoms with van der Waals surface area (Å²) < 4.78 is 39.2. The first-order valence-corrected chi connectivity index (χ1v) is 8.33. The van der Waals surface area contributed by atoms with E-state index < -0.39 is 23.8 Å². The number of amides is 1. The molecule has 0 aliphatic carbocycles. The van der Waals surface area contributed by atoms with Crippen molar-refractivity contribution in [2.24, 2.45) is 0 Å². The second-order valence-corrected chi connectivity index (χ2v) is 6.17. The molecule has 0 bridgehead atoms. The lowest BCUT2D eigenvalue weighted by Gasteiger charge is -2.12. The van der Waals surface area contributed by atoms with Crippen molar-refractivity contribution in [1.82, 2.24) is 15.3 Å². The van der Waals surface area contributed by atoms with E-state index >= 15 is 0 Å². The van der Waals surface area contributed by atoms with Crippen LogP contribution in [0.15, 0.2) is 41.6 Å². The lowest BCUT2D eigenvalue weighted by molar-refractivity contribution is -0.141. The van der Waals surface area contributed by atoms with E-state index in [0.29, 0.717) is 5.56 Å². The summed E-state index contributed by atoms with van der Waals surface area (Å²) in [6.45, 7) is 1.38. The van der Waals surface area contributed by atoms with Crippen LogP contribution in [0.25, 0.3) is 11.3 Å². The zero-order valence-corrected chi connectivity index (χ0v) is 14.1. The zero-order chi connectivity index (χ0) is 18.4. The molecule has 1 aromatic carbocycles. The summed E-state index contributed by atoms with van der Waals surface area (Å²) in [5.74, 6) is -0.575. The molecule has 0 spiro atoms. The average molecular weight is 371 g/mol. The zero-order valence-electron chi connectivity index (χ0n) is 13.2. The van der Waals surface area contributed by atoms with E-state index in [0.717, 1.165) is 17.8 Å². The Kier molecular flexibility index (Phi) is 6.38. The van der Waals surface area contributed by atoms with Gasteiger partial charge in [0.25, 0.3) is 0 Å². The van der Waals surface area contributed by atoms with Crippen molar-refractivity contribution in [3.63, 3.8) is 0 Å². The fraction of sp³-hybridized carbons (Fsp3) is 0.312. The van der Waals surface area contributed by atoms with Crippen LogP contribution in [0.4, 0.5) is 13.2 Å². The van der Waals surface area contributed by atoms with Gasteiger partial charge in [-0.3, -0.25) is 4.79 Å². The number of nitrogens with one attached hydrogen (secondary N) is 1. The molecule has 9 heteroatoms. The second-order valence-electron chi connectivity index (χ2n) is 5.22. The third kappa shape index (κ3) is 5.71. The van der Waals surface area contributed by atoms with Gasteiger partial charge in [-0.2, -0.15) is 13.2 Å². The number of aliphatic hydroxyl groups excluding tert-OH is 1. The number of halogens is 3. The van der Waals surface area contributed by atoms with E-state index in [1.807, 2.05) is 0 Å². The molecule has 0 fully saturated rings. The van der Waals surface area contributed by atoms with Gasteiger partial charge in [0, 0.05) is 11.6 Å². The number of alkyl halides is 3. The smallest absolute Gasteiger partial charge is 0.394 e. The van der Waals surface area contributed by atoms with Crippen molar-refractivity contribution in [2.75, 3.05) is 12.4 Å². The molecule has 0 aliphatic rings. The molecule has 5 nitrogen and oxygen atoms in total. The van der Waals surface area contributed by atoms with Gasteiger partial charge >= 0.3 is 6.18 Å². The first kappa shape index (κ1) is 19.2. The number of carbonyl (C=O) groups is 1. The highest BCUT2D eigenvalue weighted by Gasteiger charge is 2.34. The monoisotopic (exact) mass is 371 g/mol. The van der Waals surface area contributed by atoms with Gasteiger partial charge in [-0.25, -0.2) is 9.97 Å². The van der Waals surface area contributed by atoms with Crippen molar-refractivity contribution in [2.45, 2.75) is 24.3 Å². The summed E-state index contributed by atoms with van der Waals surface area (Å²) in [7, 11) is 0. The summed E-state index contributed by atoms with van der Waals surface area (Å²) >= 11 is 0.804. The summed E-state index contributed by atoms with van der Waals surface area (Å²) in [5.41, 5.74) is -0.404. The lowest BCUT2D eigenvalue weighted by Crippen LogP contribution is -2.36. The Morgan fingerprint density at radius 2 is 1.96 bits per heavy atom. The van der Waals surface area contributed by atoms with Gasteiger partial charge in [0.15, 0.2) is 5.16 Å². The Hall–Kier alpha value is -2.13. The number of rotatable bonds is 6. The topological polar surface area (TPSA) is 75.1 Å². The third-order valence-corrected chi connectivity index (χ3v) is 3.93. The lowest BCUT2D eigenvalue weighted by atomic mass is 10.1. The van der Waals surface area contributed by atoms with Crippen LogP contribution in [0, 0.1) is 0 Å². The van der Waals surface area contributed by atoms with Crippen molar-refractivity contribution in [3.05, 3.63) is 42.1 Å². The maximum absolute atomic E-state index is 13.1. The molecular weight excluding hydrogens is 355 g/mol. The predicted molar refractivity (Wildman–Crippen MR) is 87.9 cm³/mol. The van der Waals surface area contributed by atoms with Crippen molar-refractivity contribution >= 4 is 17.7 Å². The Balaban J connectivity index is 2.24. The van der Waals surface area contributed by atoms with E-state index in [4.69, 9.17) is 5.11 Å². The van der Waals surface area contributed by atoms with Crippen LogP contribution in [-0.4, -0.2) is 39.4 Å².